The molecular weight excluding hydrogens is 280 g/mol. The molecule has 0 saturated carbocycles. The molecule has 1 N–H and O–H groups in total. The zero-order valence-electron chi connectivity index (χ0n) is 9.89. The van der Waals surface area contributed by atoms with E-state index in [2.05, 4.69) is 21.0 Å². The average molecular weight is 295 g/mol. The molecule has 0 aliphatic rings. The maximum Gasteiger partial charge on any atom is 0.0646 e. The van der Waals surface area contributed by atoms with Gasteiger partial charge in [-0.25, -0.2) is 4.68 Å². The molecule has 0 aliphatic carbocycles. The highest BCUT2D eigenvalue weighted by atomic mass is 79.9. The zero-order chi connectivity index (χ0) is 12.5. The molecule has 2 aromatic rings. The van der Waals surface area contributed by atoms with Crippen LogP contribution in [0, 0.1) is 0 Å². The Morgan fingerprint density at radius 2 is 1.94 bits per heavy atom. The standard InChI is InChI=1S/C13H15BrN2O/c1-13(2,17)7-10-8-15-16(9-10)12-5-3-11(14)4-6-12/h3-6,8-9,17H,7H2,1-2H3. The Morgan fingerprint density at radius 3 is 2.53 bits per heavy atom. The van der Waals surface area contributed by atoms with Gasteiger partial charge in [-0.15, -0.1) is 0 Å². The molecule has 0 spiro atoms. The molecule has 1 heterocycles. The molecule has 90 valence electrons. The van der Waals surface area contributed by atoms with Crippen LogP contribution in [0.3, 0.4) is 0 Å². The molecule has 0 radical (unpaired) electrons. The second kappa shape index (κ2) is 4.63. The highest BCUT2D eigenvalue weighted by Gasteiger charge is 2.14. The lowest BCUT2D eigenvalue weighted by molar-refractivity contribution is 0.0810. The lowest BCUT2D eigenvalue weighted by Gasteiger charge is -2.14. The van der Waals surface area contributed by atoms with E-state index in [0.717, 1.165) is 15.7 Å². The van der Waals surface area contributed by atoms with E-state index in [0.29, 0.717) is 6.42 Å². The molecule has 0 aliphatic heterocycles. The van der Waals surface area contributed by atoms with Crippen LogP contribution in [-0.4, -0.2) is 20.5 Å². The van der Waals surface area contributed by atoms with Crippen molar-refractivity contribution >= 4 is 15.9 Å². The van der Waals surface area contributed by atoms with Crippen LogP contribution < -0.4 is 0 Å². The summed E-state index contributed by atoms with van der Waals surface area (Å²) in [7, 11) is 0. The van der Waals surface area contributed by atoms with Gasteiger partial charge in [0.05, 0.1) is 17.5 Å². The molecule has 4 heteroatoms. The largest absolute Gasteiger partial charge is 0.390 e. The van der Waals surface area contributed by atoms with E-state index in [1.54, 1.807) is 20.0 Å². The molecule has 2 rings (SSSR count). The fourth-order valence-corrected chi connectivity index (χ4v) is 1.95. The van der Waals surface area contributed by atoms with Crippen molar-refractivity contribution in [2.75, 3.05) is 0 Å². The molecule has 1 aromatic heterocycles. The van der Waals surface area contributed by atoms with E-state index in [-0.39, 0.29) is 0 Å². The van der Waals surface area contributed by atoms with Gasteiger partial charge in [0.25, 0.3) is 0 Å². The van der Waals surface area contributed by atoms with Gasteiger partial charge < -0.3 is 5.11 Å². The summed E-state index contributed by atoms with van der Waals surface area (Å²) in [5.41, 5.74) is 1.34. The summed E-state index contributed by atoms with van der Waals surface area (Å²) < 4.78 is 2.86. The summed E-state index contributed by atoms with van der Waals surface area (Å²) in [4.78, 5) is 0. The van der Waals surface area contributed by atoms with Gasteiger partial charge in [-0.3, -0.25) is 0 Å². The van der Waals surface area contributed by atoms with Gasteiger partial charge in [0.2, 0.25) is 0 Å². The SMILES string of the molecule is CC(C)(O)Cc1cnn(-c2ccc(Br)cc2)c1. The van der Waals surface area contributed by atoms with Crippen molar-refractivity contribution in [3.8, 4) is 5.69 Å². The highest BCUT2D eigenvalue weighted by molar-refractivity contribution is 9.10. The van der Waals surface area contributed by atoms with E-state index in [9.17, 15) is 5.11 Å². The summed E-state index contributed by atoms with van der Waals surface area (Å²) in [5.74, 6) is 0. The first-order valence-corrected chi connectivity index (χ1v) is 6.25. The fraction of sp³-hybridized carbons (Fsp3) is 0.308. The number of hydrogen-bond donors (Lipinski definition) is 1. The van der Waals surface area contributed by atoms with E-state index < -0.39 is 5.60 Å². The molecule has 3 nitrogen and oxygen atoms in total. The van der Waals surface area contributed by atoms with Crippen molar-refractivity contribution in [3.63, 3.8) is 0 Å². The molecule has 17 heavy (non-hydrogen) atoms. The monoisotopic (exact) mass is 294 g/mol. The quantitative estimate of drug-likeness (QED) is 0.945. The molecular formula is C13H15BrN2O. The fourth-order valence-electron chi connectivity index (χ4n) is 1.69. The topological polar surface area (TPSA) is 38.1 Å². The predicted octanol–water partition coefficient (Wildman–Crippen LogP) is 2.95. The van der Waals surface area contributed by atoms with Crippen molar-refractivity contribution in [2.24, 2.45) is 0 Å². The Labute approximate surface area is 109 Å². The predicted molar refractivity (Wildman–Crippen MR) is 71.3 cm³/mol. The number of aliphatic hydroxyl groups is 1. The first-order valence-electron chi connectivity index (χ1n) is 5.46. The second-order valence-corrected chi connectivity index (χ2v) is 5.67. The third-order valence-electron chi connectivity index (χ3n) is 2.36. The Balaban J connectivity index is 2.21. The molecule has 0 saturated heterocycles. The smallest absolute Gasteiger partial charge is 0.0646 e. The minimum absolute atomic E-state index is 0.601. The van der Waals surface area contributed by atoms with E-state index in [1.165, 1.54) is 0 Å². The number of benzene rings is 1. The van der Waals surface area contributed by atoms with Gasteiger partial charge in [0.15, 0.2) is 0 Å². The number of halogens is 1. The third-order valence-corrected chi connectivity index (χ3v) is 2.89. The van der Waals surface area contributed by atoms with E-state index >= 15 is 0 Å². The van der Waals surface area contributed by atoms with Crippen LogP contribution in [0.15, 0.2) is 41.1 Å². The van der Waals surface area contributed by atoms with Crippen LogP contribution in [-0.2, 0) is 6.42 Å². The van der Waals surface area contributed by atoms with Crippen molar-refractivity contribution in [3.05, 3.63) is 46.7 Å². The van der Waals surface area contributed by atoms with E-state index in [1.807, 2.05) is 35.1 Å². The Morgan fingerprint density at radius 1 is 1.29 bits per heavy atom. The van der Waals surface area contributed by atoms with Crippen LogP contribution in [0.25, 0.3) is 5.69 Å². The molecule has 0 amide bonds. The van der Waals surface area contributed by atoms with Crippen LogP contribution in [0.2, 0.25) is 0 Å². The number of nitrogens with zero attached hydrogens (tertiary/aromatic N) is 2. The molecule has 1 aromatic carbocycles. The minimum atomic E-state index is -0.701. The maximum absolute atomic E-state index is 9.74. The minimum Gasteiger partial charge on any atom is -0.390 e. The number of rotatable bonds is 3. The van der Waals surface area contributed by atoms with Gasteiger partial charge in [-0.2, -0.15) is 5.10 Å². The van der Waals surface area contributed by atoms with Crippen molar-refractivity contribution in [1.82, 2.24) is 9.78 Å². The summed E-state index contributed by atoms with van der Waals surface area (Å²) in [6, 6.07) is 7.94. The summed E-state index contributed by atoms with van der Waals surface area (Å²) >= 11 is 3.40. The normalized spacial score (nSPS) is 11.8. The first-order chi connectivity index (χ1) is 7.94. The molecule has 0 unspecified atom stereocenters. The Hall–Kier alpha value is -1.13. The third kappa shape index (κ3) is 3.41. The number of hydrogen-bond acceptors (Lipinski definition) is 2. The lowest BCUT2D eigenvalue weighted by atomic mass is 10.0. The van der Waals surface area contributed by atoms with Gasteiger partial charge in [-0.05, 0) is 43.7 Å². The number of aromatic nitrogens is 2. The van der Waals surface area contributed by atoms with Crippen molar-refractivity contribution in [2.45, 2.75) is 25.9 Å². The maximum atomic E-state index is 9.74. The summed E-state index contributed by atoms with van der Waals surface area (Å²) in [6.07, 6.45) is 4.34. The van der Waals surface area contributed by atoms with Gasteiger partial charge >= 0.3 is 0 Å². The van der Waals surface area contributed by atoms with Crippen LogP contribution in [0.5, 0.6) is 0 Å². The Kier molecular flexibility index (Phi) is 3.35. The van der Waals surface area contributed by atoms with Crippen molar-refractivity contribution < 1.29 is 5.11 Å². The van der Waals surface area contributed by atoms with Crippen LogP contribution >= 0.6 is 15.9 Å². The zero-order valence-corrected chi connectivity index (χ0v) is 11.5. The summed E-state index contributed by atoms with van der Waals surface area (Å²) in [6.45, 7) is 3.59. The van der Waals surface area contributed by atoms with E-state index in [4.69, 9.17) is 0 Å². The highest BCUT2D eigenvalue weighted by Crippen LogP contribution is 2.16. The molecule has 0 atom stereocenters. The molecule has 0 bridgehead atoms. The van der Waals surface area contributed by atoms with Crippen LogP contribution in [0.4, 0.5) is 0 Å². The van der Waals surface area contributed by atoms with Crippen LogP contribution in [0.1, 0.15) is 19.4 Å². The van der Waals surface area contributed by atoms with Gasteiger partial charge in [0.1, 0.15) is 0 Å². The lowest BCUT2D eigenvalue weighted by Crippen LogP contribution is -2.21. The Bertz CT molecular complexity index is 497. The summed E-state index contributed by atoms with van der Waals surface area (Å²) in [5, 5.41) is 14.0. The second-order valence-electron chi connectivity index (χ2n) is 4.76. The first kappa shape index (κ1) is 12.3. The van der Waals surface area contributed by atoms with Crippen molar-refractivity contribution in [1.29, 1.82) is 0 Å². The molecule has 0 fully saturated rings. The van der Waals surface area contributed by atoms with Gasteiger partial charge in [0, 0.05) is 17.1 Å². The average Bonchev–Trinajstić information content (AvgIpc) is 2.64. The van der Waals surface area contributed by atoms with Gasteiger partial charge in [-0.1, -0.05) is 15.9 Å².